The second-order valence-electron chi connectivity index (χ2n) is 6.33. The summed E-state index contributed by atoms with van der Waals surface area (Å²) in [6.45, 7) is 0. The van der Waals surface area contributed by atoms with Gasteiger partial charge < -0.3 is 4.42 Å². The monoisotopic (exact) mass is 364 g/mol. The first-order valence-corrected chi connectivity index (χ1v) is 8.64. The van der Waals surface area contributed by atoms with Gasteiger partial charge in [-0.3, -0.25) is 4.79 Å². The standard InChI is InChI=1S/C19H13ClN4O2/c20-13-4-1-3-11(7-13)12-8-15-14(16(25)9-12)10-21-19-22-18(23-24(15)19)17-5-2-6-26-17/h1-7,10,12H,8-9H2. The van der Waals surface area contributed by atoms with E-state index in [9.17, 15) is 4.79 Å². The molecular weight excluding hydrogens is 352 g/mol. The number of nitrogens with zero attached hydrogens (tertiary/aromatic N) is 4. The van der Waals surface area contributed by atoms with E-state index in [1.54, 1.807) is 29.1 Å². The molecule has 0 saturated heterocycles. The number of furan rings is 1. The molecule has 1 unspecified atom stereocenters. The quantitative estimate of drug-likeness (QED) is 0.538. The Bertz CT molecular complexity index is 1130. The normalized spacial score (nSPS) is 16.8. The molecule has 1 aromatic carbocycles. The van der Waals surface area contributed by atoms with Crippen LogP contribution in [0.25, 0.3) is 17.4 Å². The minimum absolute atomic E-state index is 0.0514. The predicted octanol–water partition coefficient (Wildman–Crippen LogP) is 3.95. The summed E-state index contributed by atoms with van der Waals surface area (Å²) in [4.78, 5) is 21.4. The van der Waals surface area contributed by atoms with Crippen molar-refractivity contribution in [2.75, 3.05) is 0 Å². The van der Waals surface area contributed by atoms with E-state index in [0.29, 0.717) is 40.8 Å². The van der Waals surface area contributed by atoms with Crippen molar-refractivity contribution in [1.29, 1.82) is 0 Å². The molecule has 1 aliphatic rings. The number of Topliss-reactive ketones (excluding diaryl/α,β-unsaturated/α-hetero) is 1. The minimum atomic E-state index is 0.0514. The Hall–Kier alpha value is -2.99. The van der Waals surface area contributed by atoms with Gasteiger partial charge in [0.25, 0.3) is 5.78 Å². The number of fused-ring (bicyclic) bond motifs is 3. The highest BCUT2D eigenvalue weighted by Gasteiger charge is 2.29. The highest BCUT2D eigenvalue weighted by Crippen LogP contribution is 2.33. The van der Waals surface area contributed by atoms with Crippen LogP contribution >= 0.6 is 11.6 Å². The topological polar surface area (TPSA) is 73.3 Å². The SMILES string of the molecule is O=C1CC(c2cccc(Cl)c2)Cc2c1cnc1nc(-c3ccco3)nn21. The lowest BCUT2D eigenvalue weighted by atomic mass is 9.82. The Morgan fingerprint density at radius 1 is 1.19 bits per heavy atom. The van der Waals surface area contributed by atoms with Gasteiger partial charge in [0, 0.05) is 17.6 Å². The summed E-state index contributed by atoms with van der Waals surface area (Å²) in [6, 6.07) is 11.2. The van der Waals surface area contributed by atoms with Crippen LogP contribution in [-0.2, 0) is 6.42 Å². The summed E-state index contributed by atoms with van der Waals surface area (Å²) in [5, 5.41) is 5.19. The molecule has 3 heterocycles. The number of carbonyl (C=O) groups is 1. The van der Waals surface area contributed by atoms with Gasteiger partial charge in [-0.25, -0.2) is 4.98 Å². The number of hydrogen-bond acceptors (Lipinski definition) is 5. The predicted molar refractivity (Wildman–Crippen MR) is 95.3 cm³/mol. The number of ketones is 1. The fourth-order valence-electron chi connectivity index (χ4n) is 3.45. The van der Waals surface area contributed by atoms with E-state index in [-0.39, 0.29) is 11.7 Å². The molecule has 6 nitrogen and oxygen atoms in total. The summed E-state index contributed by atoms with van der Waals surface area (Å²) in [5.74, 6) is 1.58. The maximum absolute atomic E-state index is 12.7. The van der Waals surface area contributed by atoms with Gasteiger partial charge in [0.15, 0.2) is 11.5 Å². The molecule has 0 aliphatic heterocycles. The second kappa shape index (κ2) is 5.78. The lowest BCUT2D eigenvalue weighted by Gasteiger charge is -2.24. The third-order valence-corrected chi connectivity index (χ3v) is 4.93. The molecule has 128 valence electrons. The molecule has 1 atom stereocenters. The smallest absolute Gasteiger partial charge is 0.253 e. The molecule has 4 aromatic rings. The molecule has 0 radical (unpaired) electrons. The van der Waals surface area contributed by atoms with Crippen molar-refractivity contribution in [3.8, 4) is 11.6 Å². The van der Waals surface area contributed by atoms with Crippen LogP contribution in [0.2, 0.25) is 5.02 Å². The van der Waals surface area contributed by atoms with Gasteiger partial charge in [0.05, 0.1) is 17.5 Å². The molecule has 1 aliphatic carbocycles. The second-order valence-corrected chi connectivity index (χ2v) is 6.76. The number of hydrogen-bond donors (Lipinski definition) is 0. The van der Waals surface area contributed by atoms with Crippen molar-refractivity contribution in [2.45, 2.75) is 18.8 Å². The molecule has 0 spiro atoms. The van der Waals surface area contributed by atoms with Crippen LogP contribution in [0.4, 0.5) is 0 Å². The van der Waals surface area contributed by atoms with E-state index in [1.807, 2.05) is 24.3 Å². The van der Waals surface area contributed by atoms with Crippen LogP contribution in [-0.4, -0.2) is 25.4 Å². The zero-order valence-electron chi connectivity index (χ0n) is 13.6. The number of benzene rings is 1. The number of carbonyl (C=O) groups excluding carboxylic acids is 1. The number of rotatable bonds is 2. The van der Waals surface area contributed by atoms with E-state index in [0.717, 1.165) is 11.3 Å². The van der Waals surface area contributed by atoms with Gasteiger partial charge in [0.2, 0.25) is 5.82 Å². The van der Waals surface area contributed by atoms with Gasteiger partial charge in [-0.1, -0.05) is 23.7 Å². The molecule has 0 saturated carbocycles. The van der Waals surface area contributed by atoms with Gasteiger partial charge in [-0.2, -0.15) is 9.50 Å². The van der Waals surface area contributed by atoms with Gasteiger partial charge >= 0.3 is 0 Å². The van der Waals surface area contributed by atoms with Crippen LogP contribution in [0.5, 0.6) is 0 Å². The van der Waals surface area contributed by atoms with Crippen LogP contribution in [0.1, 0.15) is 34.0 Å². The number of aromatic nitrogens is 4. The molecule has 0 N–H and O–H groups in total. The Morgan fingerprint density at radius 3 is 2.92 bits per heavy atom. The third-order valence-electron chi connectivity index (χ3n) is 4.70. The minimum Gasteiger partial charge on any atom is -0.461 e. The summed E-state index contributed by atoms with van der Waals surface area (Å²) in [6.07, 6.45) is 4.27. The highest BCUT2D eigenvalue weighted by atomic mass is 35.5. The summed E-state index contributed by atoms with van der Waals surface area (Å²) >= 11 is 6.12. The van der Waals surface area contributed by atoms with E-state index in [4.69, 9.17) is 16.0 Å². The van der Waals surface area contributed by atoms with Crippen LogP contribution < -0.4 is 0 Å². The lowest BCUT2D eigenvalue weighted by Crippen LogP contribution is -2.22. The molecule has 7 heteroatoms. The fourth-order valence-corrected chi connectivity index (χ4v) is 3.65. The average molecular weight is 365 g/mol. The van der Waals surface area contributed by atoms with E-state index in [1.165, 1.54) is 0 Å². The van der Waals surface area contributed by atoms with E-state index >= 15 is 0 Å². The van der Waals surface area contributed by atoms with Crippen LogP contribution in [0.3, 0.4) is 0 Å². The molecule has 26 heavy (non-hydrogen) atoms. The Kier molecular flexibility index (Phi) is 3.39. The Labute approximate surface area is 153 Å². The van der Waals surface area contributed by atoms with E-state index in [2.05, 4.69) is 15.1 Å². The summed E-state index contributed by atoms with van der Waals surface area (Å²) < 4.78 is 7.02. The van der Waals surface area contributed by atoms with Crippen molar-refractivity contribution in [2.24, 2.45) is 0 Å². The third kappa shape index (κ3) is 2.42. The van der Waals surface area contributed by atoms with Crippen molar-refractivity contribution in [3.05, 3.63) is 70.7 Å². The van der Waals surface area contributed by atoms with Crippen molar-refractivity contribution < 1.29 is 9.21 Å². The molecule has 0 fully saturated rings. The summed E-state index contributed by atoms with van der Waals surface area (Å²) in [5.41, 5.74) is 2.47. The first-order chi connectivity index (χ1) is 12.7. The number of halogens is 1. The Balaban J connectivity index is 1.63. The van der Waals surface area contributed by atoms with Gasteiger partial charge in [-0.15, -0.1) is 5.10 Å². The lowest BCUT2D eigenvalue weighted by molar-refractivity contribution is 0.0962. The molecule has 3 aromatic heterocycles. The zero-order chi connectivity index (χ0) is 17.7. The maximum Gasteiger partial charge on any atom is 0.253 e. The Morgan fingerprint density at radius 2 is 2.12 bits per heavy atom. The van der Waals surface area contributed by atoms with Crippen molar-refractivity contribution in [1.82, 2.24) is 19.6 Å². The molecule has 5 rings (SSSR count). The maximum atomic E-state index is 12.7. The first-order valence-electron chi connectivity index (χ1n) is 8.26. The average Bonchev–Trinajstić information content (AvgIpc) is 3.31. The molecule has 0 amide bonds. The van der Waals surface area contributed by atoms with E-state index < -0.39 is 0 Å². The van der Waals surface area contributed by atoms with Gasteiger partial charge in [-0.05, 0) is 42.2 Å². The van der Waals surface area contributed by atoms with Gasteiger partial charge in [0.1, 0.15) is 0 Å². The van der Waals surface area contributed by atoms with Crippen LogP contribution in [0, 0.1) is 0 Å². The summed E-state index contributed by atoms with van der Waals surface area (Å²) in [7, 11) is 0. The largest absolute Gasteiger partial charge is 0.461 e. The van der Waals surface area contributed by atoms with Crippen molar-refractivity contribution in [3.63, 3.8) is 0 Å². The van der Waals surface area contributed by atoms with Crippen molar-refractivity contribution >= 4 is 23.2 Å². The van der Waals surface area contributed by atoms with Crippen LogP contribution in [0.15, 0.2) is 53.3 Å². The molecule has 0 bridgehead atoms. The first kappa shape index (κ1) is 15.3. The fraction of sp³-hybridized carbons (Fsp3) is 0.158. The zero-order valence-corrected chi connectivity index (χ0v) is 14.3. The highest BCUT2D eigenvalue weighted by molar-refractivity contribution is 6.30. The molecular formula is C19H13ClN4O2.